The predicted octanol–water partition coefficient (Wildman–Crippen LogP) is 1.55. The highest BCUT2D eigenvalue weighted by Crippen LogP contribution is 2.02. The molecule has 17 heavy (non-hydrogen) atoms. The van der Waals surface area contributed by atoms with Crippen molar-refractivity contribution in [2.75, 3.05) is 19.6 Å². The van der Waals surface area contributed by atoms with Crippen LogP contribution in [0, 0.1) is 6.92 Å². The van der Waals surface area contributed by atoms with Gasteiger partial charge in [0.1, 0.15) is 0 Å². The Bertz CT molecular complexity index is 328. The fourth-order valence-electron chi connectivity index (χ4n) is 2.04. The Morgan fingerprint density at radius 2 is 2.06 bits per heavy atom. The highest BCUT2D eigenvalue weighted by atomic mass is 15.3. The average molecular weight is 238 g/mol. The number of aromatic nitrogens is 2. The van der Waals surface area contributed by atoms with Gasteiger partial charge >= 0.3 is 0 Å². The monoisotopic (exact) mass is 238 g/mol. The Hall–Kier alpha value is -0.870. The molecule has 98 valence electrons. The molecule has 0 aliphatic carbocycles. The third-order valence-corrected chi connectivity index (χ3v) is 3.16. The van der Waals surface area contributed by atoms with Gasteiger partial charge in [0.05, 0.1) is 11.4 Å². The maximum Gasteiger partial charge on any atom is 0.0597 e. The minimum absolute atomic E-state index is 0.505. The predicted molar refractivity (Wildman–Crippen MR) is 72.0 cm³/mol. The van der Waals surface area contributed by atoms with Gasteiger partial charge in [0.15, 0.2) is 0 Å². The molecule has 1 unspecified atom stereocenters. The van der Waals surface area contributed by atoms with E-state index in [1.54, 1.807) is 0 Å². The van der Waals surface area contributed by atoms with Gasteiger partial charge in [-0.1, -0.05) is 13.8 Å². The fourth-order valence-corrected chi connectivity index (χ4v) is 2.04. The topological polar surface area (TPSA) is 33.1 Å². The molecule has 0 bridgehead atoms. The van der Waals surface area contributed by atoms with Gasteiger partial charge in [-0.15, -0.1) is 0 Å². The van der Waals surface area contributed by atoms with Gasteiger partial charge in [-0.25, -0.2) is 0 Å². The van der Waals surface area contributed by atoms with Gasteiger partial charge in [-0.2, -0.15) is 5.10 Å². The van der Waals surface area contributed by atoms with E-state index in [-0.39, 0.29) is 0 Å². The van der Waals surface area contributed by atoms with E-state index in [0.29, 0.717) is 6.04 Å². The molecule has 1 atom stereocenters. The van der Waals surface area contributed by atoms with E-state index in [0.717, 1.165) is 31.9 Å². The van der Waals surface area contributed by atoms with Gasteiger partial charge in [-0.3, -0.25) is 4.68 Å². The summed E-state index contributed by atoms with van der Waals surface area (Å²) in [5, 5.41) is 7.90. The minimum atomic E-state index is 0.505. The molecule has 1 aromatic heterocycles. The molecule has 0 saturated heterocycles. The lowest BCUT2D eigenvalue weighted by Crippen LogP contribution is -2.39. The maximum absolute atomic E-state index is 4.35. The Morgan fingerprint density at radius 3 is 2.53 bits per heavy atom. The number of hydrogen-bond donors (Lipinski definition) is 1. The molecule has 0 aliphatic heterocycles. The molecule has 0 aliphatic rings. The third kappa shape index (κ3) is 4.48. The molecule has 0 fully saturated rings. The summed E-state index contributed by atoms with van der Waals surface area (Å²) < 4.78 is 1.95. The molecule has 1 N–H and O–H groups in total. The molecule has 4 nitrogen and oxygen atoms in total. The summed E-state index contributed by atoms with van der Waals surface area (Å²) >= 11 is 0. The van der Waals surface area contributed by atoms with Crippen molar-refractivity contribution in [1.82, 2.24) is 20.0 Å². The van der Waals surface area contributed by atoms with E-state index in [4.69, 9.17) is 0 Å². The number of aryl methyl sites for hydroxylation is 2. The summed E-state index contributed by atoms with van der Waals surface area (Å²) in [5.74, 6) is 0. The molecular weight excluding hydrogens is 212 g/mol. The van der Waals surface area contributed by atoms with Gasteiger partial charge in [-0.05, 0) is 33.0 Å². The van der Waals surface area contributed by atoms with Crippen LogP contribution in [0.25, 0.3) is 0 Å². The molecule has 0 aromatic carbocycles. The summed E-state index contributed by atoms with van der Waals surface area (Å²) in [5.41, 5.74) is 2.33. The quantitative estimate of drug-likeness (QED) is 0.782. The van der Waals surface area contributed by atoms with Crippen molar-refractivity contribution < 1.29 is 0 Å². The van der Waals surface area contributed by atoms with Crippen LogP contribution in [-0.4, -0.2) is 40.4 Å². The van der Waals surface area contributed by atoms with Gasteiger partial charge in [0, 0.05) is 26.2 Å². The summed E-state index contributed by atoms with van der Waals surface area (Å²) in [4.78, 5) is 2.44. The van der Waals surface area contributed by atoms with Crippen molar-refractivity contribution in [3.05, 3.63) is 17.5 Å². The fraction of sp³-hybridized carbons (Fsp3) is 0.769. The first-order valence-corrected chi connectivity index (χ1v) is 6.52. The normalized spacial score (nSPS) is 13.3. The van der Waals surface area contributed by atoms with E-state index in [1.807, 2.05) is 18.7 Å². The zero-order chi connectivity index (χ0) is 12.8. The smallest absolute Gasteiger partial charge is 0.0597 e. The number of rotatable bonds is 7. The van der Waals surface area contributed by atoms with Gasteiger partial charge < -0.3 is 10.2 Å². The Kier molecular flexibility index (Phi) is 5.65. The van der Waals surface area contributed by atoms with Crippen LogP contribution in [0.2, 0.25) is 0 Å². The SMILES string of the molecule is CCN(CC)CC(C)NCc1cc(C)nn1C. The number of nitrogens with one attached hydrogen (secondary N) is 1. The third-order valence-electron chi connectivity index (χ3n) is 3.16. The van der Waals surface area contributed by atoms with Crippen LogP contribution in [0.3, 0.4) is 0 Å². The van der Waals surface area contributed by atoms with Crippen LogP contribution in [0.1, 0.15) is 32.2 Å². The molecule has 0 amide bonds. The first-order valence-electron chi connectivity index (χ1n) is 6.52. The van der Waals surface area contributed by atoms with E-state index in [1.165, 1.54) is 5.69 Å². The van der Waals surface area contributed by atoms with Crippen LogP contribution in [-0.2, 0) is 13.6 Å². The van der Waals surface area contributed by atoms with Gasteiger partial charge in [0.25, 0.3) is 0 Å². The highest BCUT2D eigenvalue weighted by Gasteiger charge is 2.08. The second kappa shape index (κ2) is 6.77. The Balaban J connectivity index is 2.37. The molecular formula is C13H26N4. The van der Waals surface area contributed by atoms with E-state index in [2.05, 4.69) is 42.2 Å². The minimum Gasteiger partial charge on any atom is -0.307 e. The molecule has 0 radical (unpaired) electrons. The largest absolute Gasteiger partial charge is 0.307 e. The number of likely N-dealkylation sites (N-methyl/N-ethyl adjacent to an activating group) is 1. The average Bonchev–Trinajstić information content (AvgIpc) is 2.62. The summed E-state index contributed by atoms with van der Waals surface area (Å²) in [6.07, 6.45) is 0. The molecule has 4 heteroatoms. The van der Waals surface area contributed by atoms with Crippen LogP contribution in [0.4, 0.5) is 0 Å². The van der Waals surface area contributed by atoms with Crippen molar-refractivity contribution in [3.63, 3.8) is 0 Å². The first kappa shape index (κ1) is 14.2. The van der Waals surface area contributed by atoms with Crippen molar-refractivity contribution in [1.29, 1.82) is 0 Å². The molecule has 1 aromatic rings. The highest BCUT2D eigenvalue weighted by molar-refractivity contribution is 5.08. The number of hydrogen-bond acceptors (Lipinski definition) is 3. The van der Waals surface area contributed by atoms with Crippen molar-refractivity contribution >= 4 is 0 Å². The zero-order valence-corrected chi connectivity index (χ0v) is 11.8. The van der Waals surface area contributed by atoms with Crippen LogP contribution >= 0.6 is 0 Å². The van der Waals surface area contributed by atoms with Crippen molar-refractivity contribution in [3.8, 4) is 0 Å². The van der Waals surface area contributed by atoms with E-state index < -0.39 is 0 Å². The maximum atomic E-state index is 4.35. The molecule has 0 saturated carbocycles. The van der Waals surface area contributed by atoms with Crippen LogP contribution < -0.4 is 5.32 Å². The lowest BCUT2D eigenvalue weighted by Gasteiger charge is -2.23. The first-order chi connectivity index (χ1) is 8.06. The van der Waals surface area contributed by atoms with E-state index in [9.17, 15) is 0 Å². The Morgan fingerprint density at radius 1 is 1.41 bits per heavy atom. The van der Waals surface area contributed by atoms with Crippen molar-refractivity contribution in [2.24, 2.45) is 7.05 Å². The lowest BCUT2D eigenvalue weighted by molar-refractivity contribution is 0.270. The summed E-state index contributed by atoms with van der Waals surface area (Å²) in [6, 6.07) is 2.64. The second-order valence-electron chi connectivity index (χ2n) is 4.67. The summed E-state index contributed by atoms with van der Waals surface area (Å²) in [6.45, 7) is 12.9. The zero-order valence-electron chi connectivity index (χ0n) is 11.8. The number of nitrogens with zero attached hydrogens (tertiary/aromatic N) is 3. The molecule has 1 heterocycles. The standard InChI is InChI=1S/C13H26N4/c1-6-17(7-2)10-12(4)14-9-13-8-11(3)15-16(13)5/h8,12,14H,6-7,9-10H2,1-5H3. The van der Waals surface area contributed by atoms with Crippen molar-refractivity contribution in [2.45, 2.75) is 40.3 Å². The van der Waals surface area contributed by atoms with Crippen LogP contribution in [0.15, 0.2) is 6.07 Å². The molecule has 0 spiro atoms. The lowest BCUT2D eigenvalue weighted by atomic mass is 10.3. The Labute approximate surface area is 105 Å². The van der Waals surface area contributed by atoms with Crippen LogP contribution in [0.5, 0.6) is 0 Å². The summed E-state index contributed by atoms with van der Waals surface area (Å²) in [7, 11) is 2.00. The van der Waals surface area contributed by atoms with E-state index >= 15 is 0 Å². The van der Waals surface area contributed by atoms with Gasteiger partial charge in [0.2, 0.25) is 0 Å². The molecule has 1 rings (SSSR count). The second-order valence-corrected chi connectivity index (χ2v) is 4.67.